The summed E-state index contributed by atoms with van der Waals surface area (Å²) >= 11 is 0. The SMILES string of the molecule is COC(=O)c1ccc([N+](=O)[O-])c(OCC(=O)c2cc(C)n(NC(=O)c3ccccc3)c2C)c1. The number of hydrogen-bond donors (Lipinski definition) is 1. The van der Waals surface area contributed by atoms with Crippen molar-refractivity contribution in [3.63, 3.8) is 0 Å². The Kier molecular flexibility index (Phi) is 6.87. The minimum atomic E-state index is -0.696. The van der Waals surface area contributed by atoms with E-state index in [0.717, 1.165) is 12.1 Å². The minimum absolute atomic E-state index is 0.0485. The van der Waals surface area contributed by atoms with Crippen LogP contribution in [0.2, 0.25) is 0 Å². The molecule has 1 amide bonds. The highest BCUT2D eigenvalue weighted by Crippen LogP contribution is 2.28. The molecule has 3 aromatic rings. The fourth-order valence-electron chi connectivity index (χ4n) is 3.22. The normalized spacial score (nSPS) is 10.4. The van der Waals surface area contributed by atoms with Crippen LogP contribution in [-0.2, 0) is 4.74 Å². The molecule has 0 radical (unpaired) electrons. The molecule has 0 unspecified atom stereocenters. The molecule has 0 aliphatic heterocycles. The highest BCUT2D eigenvalue weighted by atomic mass is 16.6. The Morgan fingerprint density at radius 1 is 1.03 bits per heavy atom. The summed E-state index contributed by atoms with van der Waals surface area (Å²) in [5.41, 5.74) is 4.22. The lowest BCUT2D eigenvalue weighted by atomic mass is 10.1. The van der Waals surface area contributed by atoms with Crippen LogP contribution >= 0.6 is 0 Å². The van der Waals surface area contributed by atoms with Crippen LogP contribution in [0.25, 0.3) is 0 Å². The van der Waals surface area contributed by atoms with E-state index in [1.165, 1.54) is 17.9 Å². The average Bonchev–Trinajstić information content (AvgIpc) is 3.10. The molecule has 0 saturated heterocycles. The number of nitro benzene ring substituents is 1. The number of esters is 1. The molecule has 0 fully saturated rings. The van der Waals surface area contributed by atoms with Gasteiger partial charge in [0.1, 0.15) is 0 Å². The van der Waals surface area contributed by atoms with E-state index in [-0.39, 0.29) is 22.8 Å². The first-order valence-electron chi connectivity index (χ1n) is 9.81. The molecule has 170 valence electrons. The van der Waals surface area contributed by atoms with Crippen LogP contribution in [0.5, 0.6) is 5.75 Å². The van der Waals surface area contributed by atoms with Gasteiger partial charge in [-0.15, -0.1) is 0 Å². The van der Waals surface area contributed by atoms with Crippen LogP contribution in [0.1, 0.15) is 42.5 Å². The summed E-state index contributed by atoms with van der Waals surface area (Å²) in [6.07, 6.45) is 0. The number of ketones is 1. The highest BCUT2D eigenvalue weighted by molar-refractivity contribution is 6.01. The van der Waals surface area contributed by atoms with Crippen molar-refractivity contribution in [1.82, 2.24) is 4.68 Å². The molecule has 10 heteroatoms. The second kappa shape index (κ2) is 9.77. The number of carbonyl (C=O) groups is 3. The van der Waals surface area contributed by atoms with Crippen molar-refractivity contribution >= 4 is 23.3 Å². The molecule has 0 aliphatic carbocycles. The van der Waals surface area contributed by atoms with Gasteiger partial charge in [0.05, 0.1) is 17.6 Å². The third-order valence-corrected chi connectivity index (χ3v) is 4.92. The van der Waals surface area contributed by atoms with Crippen molar-refractivity contribution in [3.8, 4) is 5.75 Å². The highest BCUT2D eigenvalue weighted by Gasteiger charge is 2.22. The van der Waals surface area contributed by atoms with Gasteiger partial charge in [-0.05, 0) is 38.1 Å². The van der Waals surface area contributed by atoms with Gasteiger partial charge >= 0.3 is 11.7 Å². The van der Waals surface area contributed by atoms with Gasteiger partial charge in [-0.2, -0.15) is 0 Å². The molecule has 10 nitrogen and oxygen atoms in total. The summed E-state index contributed by atoms with van der Waals surface area (Å²) in [7, 11) is 1.18. The van der Waals surface area contributed by atoms with Crippen molar-refractivity contribution in [1.29, 1.82) is 0 Å². The number of benzene rings is 2. The zero-order valence-corrected chi connectivity index (χ0v) is 18.2. The number of aromatic nitrogens is 1. The molecule has 1 aromatic heterocycles. The number of rotatable bonds is 8. The topological polar surface area (TPSA) is 130 Å². The summed E-state index contributed by atoms with van der Waals surface area (Å²) in [4.78, 5) is 47.6. The van der Waals surface area contributed by atoms with E-state index in [0.29, 0.717) is 17.0 Å². The lowest BCUT2D eigenvalue weighted by molar-refractivity contribution is -0.385. The molecular formula is C23H21N3O7. The second-order valence-electron chi connectivity index (χ2n) is 7.07. The van der Waals surface area contributed by atoms with Gasteiger partial charge in [0, 0.05) is 34.6 Å². The first-order valence-corrected chi connectivity index (χ1v) is 9.81. The number of nitro groups is 1. The Bertz CT molecular complexity index is 1230. The number of Topliss-reactive ketones (excluding diaryl/α,β-unsaturated/α-hetero) is 1. The van der Waals surface area contributed by atoms with Gasteiger partial charge in [0.15, 0.2) is 12.4 Å². The number of carbonyl (C=O) groups excluding carboxylic acids is 3. The average molecular weight is 451 g/mol. The predicted molar refractivity (Wildman–Crippen MR) is 118 cm³/mol. The first-order chi connectivity index (χ1) is 15.7. The maximum atomic E-state index is 12.8. The van der Waals surface area contributed by atoms with E-state index in [2.05, 4.69) is 10.2 Å². The summed E-state index contributed by atoms with van der Waals surface area (Å²) in [6.45, 7) is 2.87. The van der Waals surface area contributed by atoms with Gasteiger partial charge in [-0.25, -0.2) is 4.79 Å². The minimum Gasteiger partial charge on any atom is -0.478 e. The number of ether oxygens (including phenoxy) is 2. The maximum absolute atomic E-state index is 12.8. The standard InChI is InChI=1S/C23H21N3O7/c1-14-11-18(15(2)25(14)24-22(28)16-7-5-4-6-8-16)20(27)13-33-21-12-17(23(29)32-3)9-10-19(21)26(30)31/h4-12H,13H2,1-3H3,(H,24,28). The van der Waals surface area contributed by atoms with E-state index in [1.54, 1.807) is 50.2 Å². The third kappa shape index (κ3) is 5.06. The van der Waals surface area contributed by atoms with Gasteiger partial charge in [-0.1, -0.05) is 18.2 Å². The molecule has 0 saturated carbocycles. The Morgan fingerprint density at radius 3 is 2.36 bits per heavy atom. The van der Waals surface area contributed by atoms with Crippen LogP contribution in [-0.4, -0.2) is 41.0 Å². The van der Waals surface area contributed by atoms with E-state index in [4.69, 9.17) is 4.74 Å². The van der Waals surface area contributed by atoms with E-state index >= 15 is 0 Å². The van der Waals surface area contributed by atoms with Gasteiger partial charge in [0.2, 0.25) is 5.78 Å². The monoisotopic (exact) mass is 451 g/mol. The molecule has 33 heavy (non-hydrogen) atoms. The van der Waals surface area contributed by atoms with Crippen LogP contribution < -0.4 is 10.2 Å². The molecule has 0 atom stereocenters. The molecular weight excluding hydrogens is 430 g/mol. The largest absolute Gasteiger partial charge is 0.478 e. The second-order valence-corrected chi connectivity index (χ2v) is 7.07. The van der Waals surface area contributed by atoms with Crippen LogP contribution in [0.3, 0.4) is 0 Å². The number of amides is 1. The number of aryl methyl sites for hydroxylation is 1. The number of nitrogens with zero attached hydrogens (tertiary/aromatic N) is 2. The fraction of sp³-hybridized carbons (Fsp3) is 0.174. The zero-order valence-electron chi connectivity index (χ0n) is 18.2. The van der Waals surface area contributed by atoms with E-state index in [9.17, 15) is 24.5 Å². The smallest absolute Gasteiger partial charge is 0.337 e. The predicted octanol–water partition coefficient (Wildman–Crippen LogP) is 3.45. The van der Waals surface area contributed by atoms with Crippen LogP contribution in [0.15, 0.2) is 54.6 Å². The number of methoxy groups -OCH3 is 1. The lowest BCUT2D eigenvalue weighted by Gasteiger charge is -2.12. The summed E-state index contributed by atoms with van der Waals surface area (Å²) in [5.74, 6) is -1.73. The summed E-state index contributed by atoms with van der Waals surface area (Å²) in [5, 5.41) is 11.3. The molecule has 3 rings (SSSR count). The van der Waals surface area contributed by atoms with Crippen molar-refractivity contribution in [2.75, 3.05) is 19.1 Å². The van der Waals surface area contributed by atoms with Gasteiger partial charge in [0.25, 0.3) is 5.91 Å². The van der Waals surface area contributed by atoms with Crippen molar-refractivity contribution < 1.29 is 28.8 Å². The van der Waals surface area contributed by atoms with Crippen molar-refractivity contribution in [2.24, 2.45) is 0 Å². The molecule has 0 spiro atoms. The Labute approximate surface area is 188 Å². The summed E-state index contributed by atoms with van der Waals surface area (Å²) in [6, 6.07) is 13.7. The van der Waals surface area contributed by atoms with Gasteiger partial charge < -0.3 is 9.47 Å². The zero-order chi connectivity index (χ0) is 24.1. The van der Waals surface area contributed by atoms with Crippen LogP contribution in [0, 0.1) is 24.0 Å². The van der Waals surface area contributed by atoms with Crippen molar-refractivity contribution in [3.05, 3.63) is 92.8 Å². The Hall–Kier alpha value is -4.47. The molecule has 1 heterocycles. The van der Waals surface area contributed by atoms with Crippen LogP contribution in [0.4, 0.5) is 5.69 Å². The quantitative estimate of drug-likeness (QED) is 0.240. The number of hydrogen-bond acceptors (Lipinski definition) is 7. The number of nitrogens with one attached hydrogen (secondary N) is 1. The molecule has 2 aromatic carbocycles. The van der Waals surface area contributed by atoms with E-state index < -0.39 is 29.0 Å². The summed E-state index contributed by atoms with van der Waals surface area (Å²) < 4.78 is 11.5. The Morgan fingerprint density at radius 2 is 1.73 bits per heavy atom. The fourth-order valence-corrected chi connectivity index (χ4v) is 3.22. The maximum Gasteiger partial charge on any atom is 0.337 e. The third-order valence-electron chi connectivity index (χ3n) is 4.92. The van der Waals surface area contributed by atoms with Gasteiger partial charge in [-0.3, -0.25) is 29.8 Å². The molecule has 1 N–H and O–H groups in total. The van der Waals surface area contributed by atoms with E-state index in [1.807, 2.05) is 0 Å². The first kappa shape index (κ1) is 23.2. The molecule has 0 aliphatic rings. The lowest BCUT2D eigenvalue weighted by Crippen LogP contribution is -2.25. The Balaban J connectivity index is 1.79. The van der Waals surface area contributed by atoms with Crippen molar-refractivity contribution in [2.45, 2.75) is 13.8 Å². The molecule has 0 bridgehead atoms.